The minimum atomic E-state index is -0.221. The van der Waals surface area contributed by atoms with Gasteiger partial charge in [0, 0.05) is 32.6 Å². The molecule has 1 rings (SSSR count). The molecule has 0 saturated carbocycles. The summed E-state index contributed by atoms with van der Waals surface area (Å²) in [7, 11) is 1.39. The highest BCUT2D eigenvalue weighted by molar-refractivity contribution is 5.76. The van der Waals surface area contributed by atoms with E-state index < -0.39 is 0 Å². The van der Waals surface area contributed by atoms with Crippen molar-refractivity contribution in [2.75, 3.05) is 46.4 Å². The van der Waals surface area contributed by atoms with Crippen molar-refractivity contribution in [2.24, 2.45) is 5.73 Å². The minimum absolute atomic E-state index is 0.217. The van der Waals surface area contributed by atoms with E-state index in [0.29, 0.717) is 32.6 Å². The van der Waals surface area contributed by atoms with Crippen LogP contribution in [-0.4, -0.2) is 68.1 Å². The highest BCUT2D eigenvalue weighted by Gasteiger charge is 2.21. The molecule has 1 heterocycles. The Morgan fingerprint density at radius 1 is 1.11 bits per heavy atom. The number of methoxy groups -OCH3 is 1. The average molecular weight is 271 g/mol. The standard InChI is InChI=1S/C13H25N3O3/c1-19-13(18)11-15-7-9-16(10-8-15)12(17)5-3-2-4-6-14/h2-11,14H2,1H3. The monoisotopic (exact) mass is 271 g/mol. The molecule has 1 saturated heterocycles. The first-order chi connectivity index (χ1) is 9.17. The van der Waals surface area contributed by atoms with E-state index in [9.17, 15) is 9.59 Å². The lowest BCUT2D eigenvalue weighted by Gasteiger charge is -2.34. The van der Waals surface area contributed by atoms with E-state index in [1.165, 1.54) is 7.11 Å². The smallest absolute Gasteiger partial charge is 0.319 e. The number of unbranched alkanes of at least 4 members (excludes halogenated alkanes) is 2. The van der Waals surface area contributed by atoms with Gasteiger partial charge in [-0.1, -0.05) is 6.42 Å². The Hall–Kier alpha value is -1.14. The van der Waals surface area contributed by atoms with Crippen molar-refractivity contribution in [1.29, 1.82) is 0 Å². The molecule has 1 aliphatic heterocycles. The Kier molecular flexibility index (Phi) is 7.43. The number of nitrogens with two attached hydrogens (primary N) is 1. The largest absolute Gasteiger partial charge is 0.468 e. The van der Waals surface area contributed by atoms with Crippen LogP contribution in [0.5, 0.6) is 0 Å². The number of hydrogen-bond acceptors (Lipinski definition) is 5. The first-order valence-electron chi connectivity index (χ1n) is 6.94. The molecule has 0 spiro atoms. The van der Waals surface area contributed by atoms with Crippen LogP contribution in [0.2, 0.25) is 0 Å². The van der Waals surface area contributed by atoms with E-state index in [0.717, 1.165) is 32.4 Å². The van der Waals surface area contributed by atoms with Crippen molar-refractivity contribution >= 4 is 11.9 Å². The molecule has 2 N–H and O–H groups in total. The highest BCUT2D eigenvalue weighted by atomic mass is 16.5. The van der Waals surface area contributed by atoms with Gasteiger partial charge in [-0.3, -0.25) is 14.5 Å². The van der Waals surface area contributed by atoms with Crippen molar-refractivity contribution in [3.05, 3.63) is 0 Å². The second-order valence-electron chi connectivity index (χ2n) is 4.83. The zero-order valence-electron chi connectivity index (χ0n) is 11.8. The zero-order valence-corrected chi connectivity index (χ0v) is 11.8. The van der Waals surface area contributed by atoms with Gasteiger partial charge in [0.05, 0.1) is 13.7 Å². The maximum absolute atomic E-state index is 11.9. The van der Waals surface area contributed by atoms with Crippen LogP contribution in [0.15, 0.2) is 0 Å². The summed E-state index contributed by atoms with van der Waals surface area (Å²) in [4.78, 5) is 27.0. The first-order valence-corrected chi connectivity index (χ1v) is 6.94. The lowest BCUT2D eigenvalue weighted by molar-refractivity contribution is -0.142. The number of amides is 1. The van der Waals surface area contributed by atoms with Crippen LogP contribution in [0.3, 0.4) is 0 Å². The van der Waals surface area contributed by atoms with Gasteiger partial charge in [0.1, 0.15) is 0 Å². The molecule has 0 radical (unpaired) electrons. The molecule has 0 aromatic rings. The molecule has 1 aliphatic rings. The normalized spacial score (nSPS) is 16.4. The fourth-order valence-corrected chi connectivity index (χ4v) is 2.16. The third-order valence-electron chi connectivity index (χ3n) is 3.40. The fraction of sp³-hybridized carbons (Fsp3) is 0.846. The van der Waals surface area contributed by atoms with Crippen molar-refractivity contribution in [3.8, 4) is 0 Å². The molecule has 1 amide bonds. The highest BCUT2D eigenvalue weighted by Crippen LogP contribution is 2.07. The predicted octanol–water partition coefficient (Wildman–Crippen LogP) is -0.177. The summed E-state index contributed by atoms with van der Waals surface area (Å²) in [6.45, 7) is 3.89. The maximum Gasteiger partial charge on any atom is 0.319 e. The summed E-state index contributed by atoms with van der Waals surface area (Å²) in [5, 5.41) is 0. The van der Waals surface area contributed by atoms with E-state index in [1.807, 2.05) is 9.80 Å². The Bertz CT molecular complexity index is 289. The second kappa shape index (κ2) is 8.87. The van der Waals surface area contributed by atoms with Gasteiger partial charge in [0.2, 0.25) is 5.91 Å². The average Bonchev–Trinajstić information content (AvgIpc) is 2.44. The van der Waals surface area contributed by atoms with Crippen molar-refractivity contribution in [2.45, 2.75) is 25.7 Å². The Labute approximate surface area is 114 Å². The fourth-order valence-electron chi connectivity index (χ4n) is 2.16. The van der Waals surface area contributed by atoms with Gasteiger partial charge in [-0.25, -0.2) is 0 Å². The topological polar surface area (TPSA) is 75.9 Å². The van der Waals surface area contributed by atoms with Gasteiger partial charge in [-0.05, 0) is 19.4 Å². The summed E-state index contributed by atoms with van der Waals surface area (Å²) >= 11 is 0. The summed E-state index contributed by atoms with van der Waals surface area (Å²) in [5.41, 5.74) is 5.42. The van der Waals surface area contributed by atoms with Crippen molar-refractivity contribution in [1.82, 2.24) is 9.80 Å². The van der Waals surface area contributed by atoms with Crippen molar-refractivity contribution < 1.29 is 14.3 Å². The molecule has 0 atom stereocenters. The van der Waals surface area contributed by atoms with E-state index >= 15 is 0 Å². The quantitative estimate of drug-likeness (QED) is 0.513. The van der Waals surface area contributed by atoms with E-state index in [1.54, 1.807) is 0 Å². The molecule has 6 nitrogen and oxygen atoms in total. The van der Waals surface area contributed by atoms with Crippen LogP contribution in [0.1, 0.15) is 25.7 Å². The molecule has 0 unspecified atom stereocenters. The van der Waals surface area contributed by atoms with Crippen molar-refractivity contribution in [3.63, 3.8) is 0 Å². The minimum Gasteiger partial charge on any atom is -0.468 e. The molecular weight excluding hydrogens is 246 g/mol. The van der Waals surface area contributed by atoms with Gasteiger partial charge in [0.15, 0.2) is 0 Å². The van der Waals surface area contributed by atoms with E-state index in [-0.39, 0.29) is 11.9 Å². The van der Waals surface area contributed by atoms with Gasteiger partial charge in [0.25, 0.3) is 0 Å². The molecule has 0 aromatic carbocycles. The number of esters is 1. The van der Waals surface area contributed by atoms with Crippen LogP contribution >= 0.6 is 0 Å². The molecule has 6 heteroatoms. The number of piperazine rings is 1. The van der Waals surface area contributed by atoms with Crippen LogP contribution < -0.4 is 5.73 Å². The maximum atomic E-state index is 11.9. The zero-order chi connectivity index (χ0) is 14.1. The lowest BCUT2D eigenvalue weighted by atomic mass is 10.1. The number of carbonyl (C=O) groups is 2. The molecule has 19 heavy (non-hydrogen) atoms. The summed E-state index contributed by atoms with van der Waals surface area (Å²) in [5.74, 6) is -0.00343. The van der Waals surface area contributed by atoms with Gasteiger partial charge < -0.3 is 15.4 Å². The Balaban J connectivity index is 2.18. The Morgan fingerprint density at radius 2 is 1.79 bits per heavy atom. The third kappa shape index (κ3) is 6.02. The number of nitrogens with zero attached hydrogens (tertiary/aromatic N) is 2. The molecule has 1 fully saturated rings. The summed E-state index contributed by atoms with van der Waals surface area (Å²) in [6, 6.07) is 0. The van der Waals surface area contributed by atoms with Gasteiger partial charge >= 0.3 is 5.97 Å². The Morgan fingerprint density at radius 3 is 2.37 bits per heavy atom. The predicted molar refractivity (Wildman–Crippen MR) is 72.6 cm³/mol. The number of hydrogen-bond donors (Lipinski definition) is 1. The summed E-state index contributed by atoms with van der Waals surface area (Å²) < 4.78 is 4.63. The first kappa shape index (κ1) is 15.9. The molecular formula is C13H25N3O3. The molecule has 0 bridgehead atoms. The van der Waals surface area contributed by atoms with Crippen LogP contribution in [0, 0.1) is 0 Å². The second-order valence-corrected chi connectivity index (χ2v) is 4.83. The summed E-state index contributed by atoms with van der Waals surface area (Å²) in [6.07, 6.45) is 3.53. The van der Waals surface area contributed by atoms with Gasteiger partial charge in [-0.15, -0.1) is 0 Å². The lowest BCUT2D eigenvalue weighted by Crippen LogP contribution is -2.50. The van der Waals surface area contributed by atoms with E-state index in [4.69, 9.17) is 5.73 Å². The van der Waals surface area contributed by atoms with Crippen LogP contribution in [0.4, 0.5) is 0 Å². The van der Waals surface area contributed by atoms with Crippen LogP contribution in [0.25, 0.3) is 0 Å². The molecule has 110 valence electrons. The molecule has 0 aliphatic carbocycles. The number of carbonyl (C=O) groups excluding carboxylic acids is 2. The van der Waals surface area contributed by atoms with Crippen LogP contribution in [-0.2, 0) is 14.3 Å². The van der Waals surface area contributed by atoms with Gasteiger partial charge in [-0.2, -0.15) is 0 Å². The van der Waals surface area contributed by atoms with E-state index in [2.05, 4.69) is 4.74 Å². The third-order valence-corrected chi connectivity index (χ3v) is 3.40. The molecule has 0 aromatic heterocycles. The number of ether oxygens (including phenoxy) is 1. The number of rotatable bonds is 7. The SMILES string of the molecule is COC(=O)CN1CCN(C(=O)CCCCCN)CC1.